The predicted molar refractivity (Wildman–Crippen MR) is 98.3 cm³/mol. The largest absolute Gasteiger partial charge is 0.465 e. The zero-order valence-corrected chi connectivity index (χ0v) is 15.0. The number of ether oxygens (including phenoxy) is 1. The van der Waals surface area contributed by atoms with Gasteiger partial charge in [0.2, 0.25) is 0 Å². The van der Waals surface area contributed by atoms with Gasteiger partial charge >= 0.3 is 11.6 Å². The first-order valence-corrected chi connectivity index (χ1v) is 8.47. The molecule has 0 aliphatic heterocycles. The molecule has 138 valence electrons. The molecule has 0 N–H and O–H groups in total. The highest BCUT2D eigenvalue weighted by Crippen LogP contribution is 2.34. The van der Waals surface area contributed by atoms with Gasteiger partial charge in [-0.1, -0.05) is 23.7 Å². The Bertz CT molecular complexity index is 1090. The number of hydrogen-bond acceptors (Lipinski definition) is 5. The Labute approximate surface area is 158 Å². The van der Waals surface area contributed by atoms with Gasteiger partial charge in [0.15, 0.2) is 0 Å². The molecule has 0 amide bonds. The van der Waals surface area contributed by atoms with Crippen molar-refractivity contribution in [1.29, 1.82) is 0 Å². The number of carbonyl (C=O) groups is 2. The van der Waals surface area contributed by atoms with Crippen molar-refractivity contribution in [2.75, 3.05) is 6.61 Å². The maximum absolute atomic E-state index is 13.3. The third kappa shape index (κ3) is 3.75. The highest BCUT2D eigenvalue weighted by atomic mass is 35.5. The lowest BCUT2D eigenvalue weighted by Gasteiger charge is -2.12. The Morgan fingerprint density at radius 2 is 2.00 bits per heavy atom. The van der Waals surface area contributed by atoms with E-state index in [0.717, 1.165) is 6.07 Å². The summed E-state index contributed by atoms with van der Waals surface area (Å²) in [5.41, 5.74) is 0.777. The number of rotatable bonds is 5. The van der Waals surface area contributed by atoms with E-state index in [0.29, 0.717) is 28.4 Å². The van der Waals surface area contributed by atoms with E-state index in [-0.39, 0.29) is 17.2 Å². The van der Waals surface area contributed by atoms with Crippen LogP contribution in [0.25, 0.3) is 22.1 Å². The summed E-state index contributed by atoms with van der Waals surface area (Å²) in [5, 5.41) is 0.670. The standard InChI is InChI=1S/C20H14ClFO5/c1-2-26-20(25)16(10-23)11-3-5-14-15(9-19(24)27-18(14)7-11)13-6-4-12(22)8-17(13)21/h3-10,16H,2H2,1H3. The molecular formula is C20H14ClFO5. The van der Waals surface area contributed by atoms with Gasteiger partial charge in [0.1, 0.15) is 23.6 Å². The van der Waals surface area contributed by atoms with Gasteiger partial charge in [-0.3, -0.25) is 4.79 Å². The molecule has 1 aromatic heterocycles. The number of carbonyl (C=O) groups excluding carboxylic acids is 2. The van der Waals surface area contributed by atoms with Gasteiger partial charge in [0, 0.05) is 22.6 Å². The summed E-state index contributed by atoms with van der Waals surface area (Å²) in [5.74, 6) is -2.31. The van der Waals surface area contributed by atoms with Crippen LogP contribution in [-0.4, -0.2) is 18.9 Å². The molecule has 0 saturated carbocycles. The first kappa shape index (κ1) is 18.8. The molecule has 2 aromatic carbocycles. The van der Waals surface area contributed by atoms with Gasteiger partial charge in [0.25, 0.3) is 0 Å². The first-order chi connectivity index (χ1) is 12.9. The predicted octanol–water partition coefficient (Wildman–Crippen LogP) is 4.10. The molecule has 5 nitrogen and oxygen atoms in total. The van der Waals surface area contributed by atoms with Crippen LogP contribution >= 0.6 is 11.6 Å². The Balaban J connectivity index is 2.18. The second kappa shape index (κ2) is 7.72. The highest BCUT2D eigenvalue weighted by molar-refractivity contribution is 6.33. The Kier molecular flexibility index (Phi) is 5.37. The van der Waals surface area contributed by atoms with E-state index in [4.69, 9.17) is 20.8 Å². The zero-order chi connectivity index (χ0) is 19.6. The monoisotopic (exact) mass is 388 g/mol. The molecule has 0 saturated heterocycles. The normalized spacial score (nSPS) is 12.0. The molecule has 0 aliphatic carbocycles. The smallest absolute Gasteiger partial charge is 0.336 e. The van der Waals surface area contributed by atoms with Crippen LogP contribution in [0.1, 0.15) is 18.4 Å². The van der Waals surface area contributed by atoms with Gasteiger partial charge in [-0.2, -0.15) is 0 Å². The molecule has 27 heavy (non-hydrogen) atoms. The minimum atomic E-state index is -1.13. The molecule has 0 radical (unpaired) electrons. The van der Waals surface area contributed by atoms with E-state index in [2.05, 4.69) is 0 Å². The van der Waals surface area contributed by atoms with E-state index in [1.165, 1.54) is 24.3 Å². The molecule has 1 heterocycles. The number of fused-ring (bicyclic) bond motifs is 1. The van der Waals surface area contributed by atoms with Crippen LogP contribution in [-0.2, 0) is 14.3 Å². The molecule has 3 aromatic rings. The van der Waals surface area contributed by atoms with Gasteiger partial charge < -0.3 is 13.9 Å². The molecule has 7 heteroatoms. The minimum Gasteiger partial charge on any atom is -0.465 e. The van der Waals surface area contributed by atoms with Gasteiger partial charge in [0.05, 0.1) is 11.6 Å². The quantitative estimate of drug-likeness (QED) is 0.285. The highest BCUT2D eigenvalue weighted by Gasteiger charge is 2.22. The molecule has 1 atom stereocenters. The van der Waals surface area contributed by atoms with Crippen molar-refractivity contribution in [2.45, 2.75) is 12.8 Å². The number of halogens is 2. The fourth-order valence-corrected chi connectivity index (χ4v) is 3.07. The van der Waals surface area contributed by atoms with Crippen LogP contribution in [0.2, 0.25) is 5.02 Å². The molecule has 3 rings (SSSR count). The summed E-state index contributed by atoms with van der Waals surface area (Å²) in [6, 6.07) is 9.72. The second-order valence-corrected chi connectivity index (χ2v) is 6.13. The van der Waals surface area contributed by atoms with E-state index in [1.54, 1.807) is 19.1 Å². The number of hydrogen-bond donors (Lipinski definition) is 0. The van der Waals surface area contributed by atoms with Gasteiger partial charge in [-0.25, -0.2) is 9.18 Å². The fraction of sp³-hybridized carbons (Fsp3) is 0.150. The lowest BCUT2D eigenvalue weighted by atomic mass is 9.96. The Hall–Kier alpha value is -2.99. The summed E-state index contributed by atoms with van der Waals surface area (Å²) >= 11 is 6.12. The van der Waals surface area contributed by atoms with Crippen molar-refractivity contribution >= 4 is 34.8 Å². The topological polar surface area (TPSA) is 73.6 Å². The van der Waals surface area contributed by atoms with Gasteiger partial charge in [-0.15, -0.1) is 0 Å². The Morgan fingerprint density at radius 1 is 1.22 bits per heavy atom. The van der Waals surface area contributed by atoms with E-state index >= 15 is 0 Å². The van der Waals surface area contributed by atoms with E-state index < -0.39 is 23.3 Å². The number of esters is 1. The maximum Gasteiger partial charge on any atom is 0.336 e. The summed E-state index contributed by atoms with van der Waals surface area (Å²) < 4.78 is 23.4. The van der Waals surface area contributed by atoms with Crippen LogP contribution in [0.3, 0.4) is 0 Å². The van der Waals surface area contributed by atoms with Crippen LogP contribution in [0.5, 0.6) is 0 Å². The maximum atomic E-state index is 13.3. The SMILES string of the molecule is CCOC(=O)C(C=O)c1ccc2c(-c3ccc(F)cc3Cl)cc(=O)oc2c1. The number of aldehydes is 1. The van der Waals surface area contributed by atoms with Crippen molar-refractivity contribution in [3.05, 3.63) is 69.3 Å². The third-order valence-corrected chi connectivity index (χ3v) is 4.34. The van der Waals surface area contributed by atoms with Crippen molar-refractivity contribution in [3.63, 3.8) is 0 Å². The van der Waals surface area contributed by atoms with Crippen molar-refractivity contribution < 1.29 is 23.1 Å². The van der Waals surface area contributed by atoms with Crippen molar-refractivity contribution in [3.8, 4) is 11.1 Å². The van der Waals surface area contributed by atoms with Gasteiger partial charge in [-0.05, 0) is 36.8 Å². The number of benzene rings is 2. The third-order valence-electron chi connectivity index (χ3n) is 4.03. The van der Waals surface area contributed by atoms with E-state index in [9.17, 15) is 18.8 Å². The average Bonchev–Trinajstić information content (AvgIpc) is 2.61. The zero-order valence-electron chi connectivity index (χ0n) is 14.2. The van der Waals surface area contributed by atoms with Crippen LogP contribution in [0.15, 0.2) is 51.7 Å². The molecular weight excluding hydrogens is 375 g/mol. The summed E-state index contributed by atoms with van der Waals surface area (Å²) in [4.78, 5) is 35.3. The molecule has 0 aliphatic rings. The second-order valence-electron chi connectivity index (χ2n) is 5.72. The summed E-state index contributed by atoms with van der Waals surface area (Å²) in [6.07, 6.45) is 0.470. The molecule has 0 fully saturated rings. The van der Waals surface area contributed by atoms with Crippen LogP contribution in [0, 0.1) is 5.82 Å². The Morgan fingerprint density at radius 3 is 2.67 bits per heavy atom. The average molecular weight is 389 g/mol. The molecule has 0 spiro atoms. The fourth-order valence-electron chi connectivity index (χ4n) is 2.81. The molecule has 1 unspecified atom stereocenters. The summed E-state index contributed by atoms with van der Waals surface area (Å²) in [7, 11) is 0. The minimum absolute atomic E-state index is 0.138. The summed E-state index contributed by atoms with van der Waals surface area (Å²) in [6.45, 7) is 1.77. The lowest BCUT2D eigenvalue weighted by molar-refractivity contribution is -0.146. The van der Waals surface area contributed by atoms with E-state index in [1.807, 2.05) is 0 Å². The van der Waals surface area contributed by atoms with Crippen molar-refractivity contribution in [1.82, 2.24) is 0 Å². The molecule has 0 bridgehead atoms. The van der Waals surface area contributed by atoms with Crippen molar-refractivity contribution in [2.24, 2.45) is 0 Å². The van der Waals surface area contributed by atoms with Crippen LogP contribution < -0.4 is 5.63 Å². The lowest BCUT2D eigenvalue weighted by Crippen LogP contribution is -2.17. The van der Waals surface area contributed by atoms with Crippen LogP contribution in [0.4, 0.5) is 4.39 Å². The first-order valence-electron chi connectivity index (χ1n) is 8.09.